The Morgan fingerprint density at radius 2 is 2.09 bits per heavy atom. The second-order valence-electron chi connectivity index (χ2n) is 7.79. The highest BCUT2D eigenvalue weighted by Gasteiger charge is 2.48. The Morgan fingerprint density at radius 1 is 1.27 bits per heavy atom. The number of Topliss-reactive ketones (excluding diaryl/α,β-unsaturated/α-hetero) is 1. The molecule has 1 amide bonds. The van der Waals surface area contributed by atoms with Gasteiger partial charge in [-0.25, -0.2) is 4.98 Å². The standard InChI is InChI=1S/C23H17N3O6S/c1-12-9-15-10-14(5-6-17(15)32-12)20(27)18-19(13-3-2-4-16(11-13)26(30)31)25(22(29)21(18)28)23-24-7-8-33-23/h2-8,10-12,19,27H,9H2,1H3/b20-18+/t12-,19+/m0/s1. The normalized spacial score (nSPS) is 21.2. The molecule has 2 aliphatic rings. The van der Waals surface area contributed by atoms with Gasteiger partial charge in [-0.2, -0.15) is 0 Å². The van der Waals surface area contributed by atoms with Crippen LogP contribution in [0.3, 0.4) is 0 Å². The number of nitrogens with zero attached hydrogens (tertiary/aromatic N) is 3. The number of thiazole rings is 1. The first-order valence-electron chi connectivity index (χ1n) is 10.1. The molecule has 1 saturated heterocycles. The Balaban J connectivity index is 1.70. The molecule has 0 saturated carbocycles. The van der Waals surface area contributed by atoms with Gasteiger partial charge < -0.3 is 9.84 Å². The van der Waals surface area contributed by atoms with Crippen LogP contribution in [-0.4, -0.2) is 32.8 Å². The molecule has 1 aromatic heterocycles. The largest absolute Gasteiger partial charge is 0.507 e. The van der Waals surface area contributed by atoms with E-state index in [0.29, 0.717) is 23.3 Å². The monoisotopic (exact) mass is 463 g/mol. The topological polar surface area (TPSA) is 123 Å². The van der Waals surface area contributed by atoms with E-state index in [1.54, 1.807) is 29.6 Å². The molecule has 1 fully saturated rings. The number of ether oxygens (including phenoxy) is 1. The first kappa shape index (κ1) is 20.8. The molecule has 0 unspecified atom stereocenters. The molecule has 3 aromatic rings. The molecule has 1 N–H and O–H groups in total. The lowest BCUT2D eigenvalue weighted by molar-refractivity contribution is -0.384. The molecule has 2 aromatic carbocycles. The third-order valence-electron chi connectivity index (χ3n) is 5.64. The summed E-state index contributed by atoms with van der Waals surface area (Å²) in [5.41, 5.74) is 1.22. The van der Waals surface area contributed by atoms with E-state index in [1.807, 2.05) is 6.92 Å². The number of amides is 1. The van der Waals surface area contributed by atoms with Crippen molar-refractivity contribution in [3.63, 3.8) is 0 Å². The summed E-state index contributed by atoms with van der Waals surface area (Å²) in [5.74, 6) is -1.39. The van der Waals surface area contributed by atoms with Crippen LogP contribution < -0.4 is 9.64 Å². The third kappa shape index (κ3) is 3.44. The smallest absolute Gasteiger partial charge is 0.301 e. The number of hydrogen-bond acceptors (Lipinski definition) is 8. The number of non-ortho nitro benzene ring substituents is 1. The van der Waals surface area contributed by atoms with Crippen molar-refractivity contribution < 1.29 is 24.4 Å². The summed E-state index contributed by atoms with van der Waals surface area (Å²) in [7, 11) is 0. The predicted molar refractivity (Wildman–Crippen MR) is 120 cm³/mol. The highest BCUT2D eigenvalue weighted by molar-refractivity contribution is 7.14. The number of benzene rings is 2. The Kier molecular flexibility index (Phi) is 4.94. The van der Waals surface area contributed by atoms with Gasteiger partial charge in [-0.3, -0.25) is 24.6 Å². The Labute approximate surface area is 191 Å². The van der Waals surface area contributed by atoms with Crippen molar-refractivity contribution in [1.29, 1.82) is 0 Å². The molecule has 166 valence electrons. The summed E-state index contributed by atoms with van der Waals surface area (Å²) in [6.45, 7) is 1.93. The molecule has 0 spiro atoms. The molecule has 0 bridgehead atoms. The summed E-state index contributed by atoms with van der Waals surface area (Å²) in [4.78, 5) is 42.3. The zero-order valence-corrected chi connectivity index (χ0v) is 18.1. The van der Waals surface area contributed by atoms with Crippen LogP contribution in [0.4, 0.5) is 10.8 Å². The molecule has 0 radical (unpaired) electrons. The van der Waals surface area contributed by atoms with E-state index in [-0.39, 0.29) is 28.3 Å². The second-order valence-corrected chi connectivity index (χ2v) is 8.66. The van der Waals surface area contributed by atoms with E-state index < -0.39 is 22.7 Å². The SMILES string of the molecule is C[C@H]1Cc2cc(/C(O)=C3\C(=O)C(=O)N(c4nccs4)[C@@H]3c3cccc([N+](=O)[O-])c3)ccc2O1. The number of aliphatic hydroxyl groups excluding tert-OH is 1. The third-order valence-corrected chi connectivity index (χ3v) is 6.41. The molecule has 9 nitrogen and oxygen atoms in total. The Morgan fingerprint density at radius 3 is 2.82 bits per heavy atom. The van der Waals surface area contributed by atoms with Gasteiger partial charge in [0, 0.05) is 35.7 Å². The number of fused-ring (bicyclic) bond motifs is 1. The van der Waals surface area contributed by atoms with E-state index in [2.05, 4.69) is 4.98 Å². The zero-order chi connectivity index (χ0) is 23.3. The fourth-order valence-corrected chi connectivity index (χ4v) is 4.88. The molecule has 0 aliphatic carbocycles. The first-order chi connectivity index (χ1) is 15.8. The van der Waals surface area contributed by atoms with Crippen LogP contribution in [-0.2, 0) is 16.0 Å². The summed E-state index contributed by atoms with van der Waals surface area (Å²) < 4.78 is 5.70. The van der Waals surface area contributed by atoms with Crippen LogP contribution in [0.15, 0.2) is 59.6 Å². The van der Waals surface area contributed by atoms with Crippen LogP contribution in [0, 0.1) is 10.1 Å². The second kappa shape index (κ2) is 7.82. The number of anilines is 1. The van der Waals surface area contributed by atoms with Crippen molar-refractivity contribution in [2.45, 2.75) is 25.5 Å². The maximum Gasteiger partial charge on any atom is 0.301 e. The van der Waals surface area contributed by atoms with Crippen LogP contribution in [0.5, 0.6) is 5.75 Å². The van der Waals surface area contributed by atoms with Gasteiger partial charge >= 0.3 is 5.91 Å². The zero-order valence-electron chi connectivity index (χ0n) is 17.3. The van der Waals surface area contributed by atoms with Gasteiger partial charge in [0.1, 0.15) is 17.6 Å². The number of nitro groups is 1. The quantitative estimate of drug-likeness (QED) is 0.204. The van der Waals surface area contributed by atoms with Crippen LogP contribution in [0.25, 0.3) is 5.76 Å². The lowest BCUT2D eigenvalue weighted by Crippen LogP contribution is -2.29. The summed E-state index contributed by atoms with van der Waals surface area (Å²) in [6, 6.07) is 9.66. The van der Waals surface area contributed by atoms with Gasteiger partial charge in [0.05, 0.1) is 16.5 Å². The Hall–Kier alpha value is -4.05. The van der Waals surface area contributed by atoms with Gasteiger partial charge in [-0.1, -0.05) is 12.1 Å². The molecular formula is C23H17N3O6S. The minimum atomic E-state index is -1.07. The molecule has 33 heavy (non-hydrogen) atoms. The highest BCUT2D eigenvalue weighted by atomic mass is 32.1. The minimum Gasteiger partial charge on any atom is -0.507 e. The van der Waals surface area contributed by atoms with Crippen molar-refractivity contribution in [3.8, 4) is 5.75 Å². The highest BCUT2D eigenvalue weighted by Crippen LogP contribution is 2.43. The van der Waals surface area contributed by atoms with Crippen molar-refractivity contribution in [2.75, 3.05) is 4.90 Å². The van der Waals surface area contributed by atoms with Gasteiger partial charge in [0.2, 0.25) is 0 Å². The summed E-state index contributed by atoms with van der Waals surface area (Å²) >= 11 is 1.15. The number of hydrogen-bond donors (Lipinski definition) is 1. The number of carbonyl (C=O) groups is 2. The summed E-state index contributed by atoms with van der Waals surface area (Å²) in [6.07, 6.45) is 2.14. The minimum absolute atomic E-state index is 0.00209. The van der Waals surface area contributed by atoms with Gasteiger partial charge in [-0.05, 0) is 36.2 Å². The first-order valence-corrected chi connectivity index (χ1v) is 11.0. The molecule has 2 atom stereocenters. The number of nitro benzene ring substituents is 1. The average molecular weight is 463 g/mol. The van der Waals surface area contributed by atoms with Crippen LogP contribution >= 0.6 is 11.3 Å². The Bertz CT molecular complexity index is 1330. The lowest BCUT2D eigenvalue weighted by Gasteiger charge is -2.22. The fourth-order valence-electron chi connectivity index (χ4n) is 4.21. The van der Waals surface area contributed by atoms with E-state index in [9.17, 15) is 24.8 Å². The van der Waals surface area contributed by atoms with Crippen molar-refractivity contribution in [2.24, 2.45) is 0 Å². The summed E-state index contributed by atoms with van der Waals surface area (Å²) in [5, 5.41) is 24.5. The van der Waals surface area contributed by atoms with Gasteiger partial charge in [0.25, 0.3) is 11.5 Å². The number of ketones is 1. The van der Waals surface area contributed by atoms with Crippen molar-refractivity contribution in [1.82, 2.24) is 4.98 Å². The lowest BCUT2D eigenvalue weighted by atomic mass is 9.94. The van der Waals surface area contributed by atoms with Crippen molar-refractivity contribution in [3.05, 3.63) is 86.4 Å². The number of aromatic nitrogens is 1. The predicted octanol–water partition coefficient (Wildman–Crippen LogP) is 4.00. The fraction of sp³-hybridized carbons (Fsp3) is 0.174. The van der Waals surface area contributed by atoms with E-state index in [1.165, 1.54) is 29.3 Å². The van der Waals surface area contributed by atoms with Crippen LogP contribution in [0.2, 0.25) is 0 Å². The maximum atomic E-state index is 13.1. The van der Waals surface area contributed by atoms with E-state index in [4.69, 9.17) is 4.74 Å². The average Bonchev–Trinajstić information content (AvgIpc) is 3.51. The molecule has 5 rings (SSSR count). The van der Waals surface area contributed by atoms with E-state index >= 15 is 0 Å². The van der Waals surface area contributed by atoms with Gasteiger partial charge in [0.15, 0.2) is 5.13 Å². The number of rotatable bonds is 4. The van der Waals surface area contributed by atoms with Gasteiger partial charge in [-0.15, -0.1) is 11.3 Å². The molecule has 2 aliphatic heterocycles. The molecular weight excluding hydrogens is 446 g/mol. The number of carbonyl (C=O) groups excluding carboxylic acids is 2. The molecule has 3 heterocycles. The van der Waals surface area contributed by atoms with Crippen molar-refractivity contribution >= 4 is 39.6 Å². The van der Waals surface area contributed by atoms with E-state index in [0.717, 1.165) is 16.9 Å². The molecule has 10 heteroatoms. The maximum absolute atomic E-state index is 13.1. The number of aliphatic hydroxyl groups is 1. The van der Waals surface area contributed by atoms with Crippen LogP contribution in [0.1, 0.15) is 29.7 Å².